The molecule has 10 heavy (non-hydrogen) atoms. The zero-order chi connectivity index (χ0) is 7.78. The van der Waals surface area contributed by atoms with E-state index in [1.807, 2.05) is 6.92 Å². The van der Waals surface area contributed by atoms with Gasteiger partial charge < -0.3 is 11.5 Å². The van der Waals surface area contributed by atoms with E-state index in [9.17, 15) is 4.79 Å². The molecule has 0 aromatic rings. The van der Waals surface area contributed by atoms with Crippen molar-refractivity contribution in [3.8, 4) is 0 Å². The van der Waals surface area contributed by atoms with E-state index in [0.717, 1.165) is 12.8 Å². The standard InChI is InChI=1S/C7H12N2O/c1-7(2-3-7)5(8)4-6(9)10/h4H,2-3,8H2,1H3,(H2,9,10). The van der Waals surface area contributed by atoms with Gasteiger partial charge in [-0.25, -0.2) is 0 Å². The Hall–Kier alpha value is -0.990. The molecular formula is C7H12N2O. The van der Waals surface area contributed by atoms with Crippen molar-refractivity contribution in [3.05, 3.63) is 11.8 Å². The molecule has 0 radical (unpaired) electrons. The molecule has 1 rings (SSSR count). The van der Waals surface area contributed by atoms with E-state index in [-0.39, 0.29) is 5.41 Å². The van der Waals surface area contributed by atoms with Gasteiger partial charge in [0.25, 0.3) is 0 Å². The summed E-state index contributed by atoms with van der Waals surface area (Å²) in [6.07, 6.45) is 3.46. The molecule has 4 N–H and O–H groups in total. The number of hydrogen-bond acceptors (Lipinski definition) is 2. The summed E-state index contributed by atoms with van der Waals surface area (Å²) < 4.78 is 0. The molecule has 56 valence electrons. The molecule has 0 unspecified atom stereocenters. The van der Waals surface area contributed by atoms with Gasteiger partial charge in [0, 0.05) is 17.2 Å². The fraction of sp³-hybridized carbons (Fsp3) is 0.571. The van der Waals surface area contributed by atoms with Crippen molar-refractivity contribution in [2.24, 2.45) is 16.9 Å². The monoisotopic (exact) mass is 140 g/mol. The molecule has 0 bridgehead atoms. The zero-order valence-electron chi connectivity index (χ0n) is 6.05. The molecule has 0 aliphatic heterocycles. The fourth-order valence-corrected chi connectivity index (χ4v) is 0.804. The highest BCUT2D eigenvalue weighted by molar-refractivity contribution is 5.86. The summed E-state index contributed by atoms with van der Waals surface area (Å²) in [4.78, 5) is 10.4. The lowest BCUT2D eigenvalue weighted by atomic mass is 10.1. The van der Waals surface area contributed by atoms with Crippen LogP contribution < -0.4 is 11.5 Å². The number of amides is 1. The summed E-state index contributed by atoms with van der Waals surface area (Å²) in [6.45, 7) is 2.03. The lowest BCUT2D eigenvalue weighted by molar-refractivity contribution is -0.113. The van der Waals surface area contributed by atoms with Gasteiger partial charge in [0.05, 0.1) is 0 Å². The van der Waals surface area contributed by atoms with Crippen molar-refractivity contribution in [2.75, 3.05) is 0 Å². The van der Waals surface area contributed by atoms with Gasteiger partial charge in [-0.2, -0.15) is 0 Å². The van der Waals surface area contributed by atoms with Crippen LogP contribution in [0.25, 0.3) is 0 Å². The van der Waals surface area contributed by atoms with Gasteiger partial charge in [-0.1, -0.05) is 6.92 Å². The van der Waals surface area contributed by atoms with Crippen molar-refractivity contribution in [1.82, 2.24) is 0 Å². The Morgan fingerprint density at radius 1 is 1.50 bits per heavy atom. The topological polar surface area (TPSA) is 69.1 Å². The van der Waals surface area contributed by atoms with Crippen LogP contribution in [0.5, 0.6) is 0 Å². The van der Waals surface area contributed by atoms with E-state index in [4.69, 9.17) is 11.5 Å². The third-order valence-electron chi connectivity index (χ3n) is 1.99. The molecule has 0 saturated heterocycles. The maximum absolute atomic E-state index is 10.4. The maximum atomic E-state index is 10.4. The Kier molecular flexibility index (Phi) is 1.43. The van der Waals surface area contributed by atoms with Gasteiger partial charge in [-0.3, -0.25) is 4.79 Å². The molecule has 1 fully saturated rings. The average Bonchev–Trinajstić information content (AvgIpc) is 2.47. The summed E-state index contributed by atoms with van der Waals surface area (Å²) in [5, 5.41) is 0. The predicted molar refractivity (Wildman–Crippen MR) is 38.8 cm³/mol. The highest BCUT2D eigenvalue weighted by Gasteiger charge is 2.39. The predicted octanol–water partition coefficient (Wildman–Crippen LogP) is 0.114. The highest BCUT2D eigenvalue weighted by atomic mass is 16.1. The molecule has 0 heterocycles. The van der Waals surface area contributed by atoms with Crippen molar-refractivity contribution in [3.63, 3.8) is 0 Å². The Morgan fingerprint density at radius 3 is 2.30 bits per heavy atom. The van der Waals surface area contributed by atoms with Gasteiger partial charge in [0.15, 0.2) is 0 Å². The minimum atomic E-state index is -0.453. The van der Waals surface area contributed by atoms with E-state index in [0.29, 0.717) is 5.70 Å². The van der Waals surface area contributed by atoms with Gasteiger partial charge in [-0.05, 0) is 12.8 Å². The Labute approximate surface area is 60.1 Å². The average molecular weight is 140 g/mol. The van der Waals surface area contributed by atoms with E-state index >= 15 is 0 Å². The molecule has 3 heteroatoms. The molecule has 0 aromatic carbocycles. The second kappa shape index (κ2) is 2.01. The van der Waals surface area contributed by atoms with Crippen LogP contribution >= 0.6 is 0 Å². The summed E-state index contributed by atoms with van der Waals surface area (Å²) in [5.41, 5.74) is 11.2. The number of nitrogens with two attached hydrogens (primary N) is 2. The van der Waals surface area contributed by atoms with Crippen molar-refractivity contribution in [2.45, 2.75) is 19.8 Å². The first kappa shape index (κ1) is 7.12. The van der Waals surface area contributed by atoms with Crippen LogP contribution in [0, 0.1) is 5.41 Å². The molecule has 3 nitrogen and oxygen atoms in total. The van der Waals surface area contributed by atoms with Gasteiger partial charge in [-0.15, -0.1) is 0 Å². The van der Waals surface area contributed by atoms with E-state index in [2.05, 4.69) is 0 Å². The number of carbonyl (C=O) groups excluding carboxylic acids is 1. The molecule has 1 aliphatic carbocycles. The van der Waals surface area contributed by atoms with Gasteiger partial charge in [0.2, 0.25) is 5.91 Å². The molecule has 1 amide bonds. The first-order valence-corrected chi connectivity index (χ1v) is 3.32. The lowest BCUT2D eigenvalue weighted by Crippen LogP contribution is -2.15. The van der Waals surface area contributed by atoms with Gasteiger partial charge >= 0.3 is 0 Å². The van der Waals surface area contributed by atoms with Crippen LogP contribution in [0.15, 0.2) is 11.8 Å². The van der Waals surface area contributed by atoms with Crippen LogP contribution in [0.3, 0.4) is 0 Å². The summed E-state index contributed by atoms with van der Waals surface area (Å²) in [6, 6.07) is 0. The molecular weight excluding hydrogens is 128 g/mol. The van der Waals surface area contributed by atoms with Crippen molar-refractivity contribution < 1.29 is 4.79 Å². The van der Waals surface area contributed by atoms with E-state index in [1.54, 1.807) is 0 Å². The summed E-state index contributed by atoms with van der Waals surface area (Å²) >= 11 is 0. The third kappa shape index (κ3) is 1.29. The van der Waals surface area contributed by atoms with Crippen molar-refractivity contribution in [1.29, 1.82) is 0 Å². The molecule has 0 atom stereocenters. The normalized spacial score (nSPS) is 22.3. The SMILES string of the molecule is CC1(C(N)=CC(N)=O)CC1. The first-order valence-electron chi connectivity index (χ1n) is 3.32. The van der Waals surface area contributed by atoms with Crippen LogP contribution in [-0.2, 0) is 4.79 Å². The quantitative estimate of drug-likeness (QED) is 0.535. The number of allylic oxidation sites excluding steroid dienone is 1. The van der Waals surface area contributed by atoms with Crippen LogP contribution in [0.4, 0.5) is 0 Å². The van der Waals surface area contributed by atoms with E-state index in [1.165, 1.54) is 6.08 Å². The third-order valence-corrected chi connectivity index (χ3v) is 1.99. The van der Waals surface area contributed by atoms with Crippen LogP contribution in [0.2, 0.25) is 0 Å². The highest BCUT2D eigenvalue weighted by Crippen LogP contribution is 2.49. The smallest absolute Gasteiger partial charge is 0.243 e. The summed E-state index contributed by atoms with van der Waals surface area (Å²) in [7, 11) is 0. The maximum Gasteiger partial charge on any atom is 0.243 e. The lowest BCUT2D eigenvalue weighted by Gasteiger charge is -2.06. The summed E-state index contributed by atoms with van der Waals surface area (Å²) in [5.74, 6) is -0.453. The fourth-order valence-electron chi connectivity index (χ4n) is 0.804. The molecule has 1 aliphatic rings. The molecule has 0 spiro atoms. The molecule has 1 saturated carbocycles. The van der Waals surface area contributed by atoms with Crippen LogP contribution in [-0.4, -0.2) is 5.91 Å². The van der Waals surface area contributed by atoms with Gasteiger partial charge in [0.1, 0.15) is 0 Å². The largest absolute Gasteiger partial charge is 0.401 e. The van der Waals surface area contributed by atoms with Crippen molar-refractivity contribution >= 4 is 5.91 Å². The number of hydrogen-bond donors (Lipinski definition) is 2. The minimum Gasteiger partial charge on any atom is -0.401 e. The Bertz CT molecular complexity index is 192. The number of primary amides is 1. The number of carbonyl (C=O) groups is 1. The van der Waals surface area contributed by atoms with E-state index < -0.39 is 5.91 Å². The second-order valence-corrected chi connectivity index (χ2v) is 3.06. The molecule has 0 aromatic heterocycles. The Balaban J connectivity index is 2.64. The minimum absolute atomic E-state index is 0.0784. The zero-order valence-corrected chi connectivity index (χ0v) is 6.05. The first-order chi connectivity index (χ1) is 4.54. The van der Waals surface area contributed by atoms with Crippen LogP contribution in [0.1, 0.15) is 19.8 Å². The number of rotatable bonds is 2. The Morgan fingerprint density at radius 2 is 2.00 bits per heavy atom. The second-order valence-electron chi connectivity index (χ2n) is 3.06.